The van der Waals surface area contributed by atoms with Gasteiger partial charge in [0.1, 0.15) is 0 Å². The summed E-state index contributed by atoms with van der Waals surface area (Å²) in [6, 6.07) is 6.99. The molecule has 0 heterocycles. The smallest absolute Gasteiger partial charge is 0.0346 e. The predicted molar refractivity (Wildman–Crippen MR) is 71.4 cm³/mol. The third-order valence-electron chi connectivity index (χ3n) is 3.23. The SMILES string of the molecule is CCCC(C)N(C)Cc1ccc(C)c(N)c1. The van der Waals surface area contributed by atoms with Gasteiger partial charge < -0.3 is 5.73 Å². The molecule has 1 unspecified atom stereocenters. The number of nitrogens with zero attached hydrogens (tertiary/aromatic N) is 1. The first-order valence-corrected chi connectivity index (χ1v) is 6.09. The Morgan fingerprint density at radius 3 is 2.62 bits per heavy atom. The van der Waals surface area contributed by atoms with E-state index in [4.69, 9.17) is 5.73 Å². The molecule has 16 heavy (non-hydrogen) atoms. The van der Waals surface area contributed by atoms with Crippen LogP contribution >= 0.6 is 0 Å². The van der Waals surface area contributed by atoms with E-state index in [1.165, 1.54) is 18.4 Å². The second kappa shape index (κ2) is 5.90. The van der Waals surface area contributed by atoms with Crippen molar-refractivity contribution < 1.29 is 0 Å². The van der Waals surface area contributed by atoms with E-state index >= 15 is 0 Å². The molecule has 0 aliphatic heterocycles. The number of nitrogens with two attached hydrogens (primary N) is 1. The van der Waals surface area contributed by atoms with Gasteiger partial charge in [0.2, 0.25) is 0 Å². The van der Waals surface area contributed by atoms with Crippen molar-refractivity contribution in [3.8, 4) is 0 Å². The number of benzene rings is 1. The maximum atomic E-state index is 5.91. The largest absolute Gasteiger partial charge is 0.399 e. The summed E-state index contributed by atoms with van der Waals surface area (Å²) in [5, 5.41) is 0. The van der Waals surface area contributed by atoms with Gasteiger partial charge in [-0.3, -0.25) is 4.90 Å². The number of rotatable bonds is 5. The Kier molecular flexibility index (Phi) is 4.81. The lowest BCUT2D eigenvalue weighted by Gasteiger charge is -2.24. The molecule has 90 valence electrons. The average molecular weight is 220 g/mol. The molecule has 0 saturated heterocycles. The Morgan fingerprint density at radius 1 is 1.38 bits per heavy atom. The topological polar surface area (TPSA) is 29.3 Å². The van der Waals surface area contributed by atoms with Crippen molar-refractivity contribution in [1.82, 2.24) is 4.90 Å². The van der Waals surface area contributed by atoms with Gasteiger partial charge >= 0.3 is 0 Å². The standard InChI is InChI=1S/C14H24N2/c1-5-6-12(3)16(4)10-13-8-7-11(2)14(15)9-13/h7-9,12H,5-6,10,15H2,1-4H3. The van der Waals surface area contributed by atoms with Crippen molar-refractivity contribution in [1.29, 1.82) is 0 Å². The van der Waals surface area contributed by atoms with Gasteiger partial charge in [-0.2, -0.15) is 0 Å². The van der Waals surface area contributed by atoms with E-state index in [0.717, 1.165) is 17.8 Å². The molecule has 0 amide bonds. The van der Waals surface area contributed by atoms with Crippen LogP contribution < -0.4 is 5.73 Å². The van der Waals surface area contributed by atoms with Gasteiger partial charge in [-0.15, -0.1) is 0 Å². The Morgan fingerprint density at radius 2 is 2.06 bits per heavy atom. The monoisotopic (exact) mass is 220 g/mol. The molecular weight excluding hydrogens is 196 g/mol. The second-order valence-electron chi connectivity index (χ2n) is 4.74. The lowest BCUT2D eigenvalue weighted by atomic mass is 10.1. The zero-order chi connectivity index (χ0) is 12.1. The highest BCUT2D eigenvalue weighted by Gasteiger charge is 2.08. The summed E-state index contributed by atoms with van der Waals surface area (Å²) in [7, 11) is 2.18. The summed E-state index contributed by atoms with van der Waals surface area (Å²) in [6.07, 6.45) is 2.49. The molecule has 1 rings (SSSR count). The van der Waals surface area contributed by atoms with Crippen LogP contribution in [0.5, 0.6) is 0 Å². The van der Waals surface area contributed by atoms with Crippen LogP contribution in [0.25, 0.3) is 0 Å². The first-order chi connectivity index (χ1) is 7.54. The Labute approximate surface area is 99.5 Å². The molecule has 0 bridgehead atoms. The van der Waals surface area contributed by atoms with Gasteiger partial charge in [0.25, 0.3) is 0 Å². The van der Waals surface area contributed by atoms with Crippen molar-refractivity contribution in [2.45, 2.75) is 46.2 Å². The molecule has 0 spiro atoms. The van der Waals surface area contributed by atoms with Crippen LogP contribution in [0.1, 0.15) is 37.8 Å². The molecule has 0 aromatic heterocycles. The van der Waals surface area contributed by atoms with Crippen molar-refractivity contribution in [3.63, 3.8) is 0 Å². The maximum Gasteiger partial charge on any atom is 0.0346 e. The molecule has 0 radical (unpaired) electrons. The van der Waals surface area contributed by atoms with Crippen molar-refractivity contribution in [2.75, 3.05) is 12.8 Å². The highest BCUT2D eigenvalue weighted by Crippen LogP contribution is 2.15. The van der Waals surface area contributed by atoms with Gasteiger partial charge in [0.15, 0.2) is 0 Å². The fourth-order valence-electron chi connectivity index (χ4n) is 1.87. The van der Waals surface area contributed by atoms with Gasteiger partial charge in [-0.05, 0) is 44.5 Å². The van der Waals surface area contributed by atoms with E-state index in [0.29, 0.717) is 6.04 Å². The fraction of sp³-hybridized carbons (Fsp3) is 0.571. The van der Waals surface area contributed by atoms with Crippen LogP contribution in [0.3, 0.4) is 0 Å². The van der Waals surface area contributed by atoms with E-state index in [-0.39, 0.29) is 0 Å². The van der Waals surface area contributed by atoms with Gasteiger partial charge in [0.05, 0.1) is 0 Å². The van der Waals surface area contributed by atoms with E-state index in [2.05, 4.69) is 44.0 Å². The van der Waals surface area contributed by atoms with Crippen LogP contribution in [0.4, 0.5) is 5.69 Å². The molecule has 2 heteroatoms. The van der Waals surface area contributed by atoms with E-state index < -0.39 is 0 Å². The molecule has 0 aliphatic carbocycles. The Hall–Kier alpha value is -1.02. The molecular formula is C14H24N2. The van der Waals surface area contributed by atoms with Crippen LogP contribution in [0, 0.1) is 6.92 Å². The summed E-state index contributed by atoms with van der Waals surface area (Å²) >= 11 is 0. The first kappa shape index (κ1) is 13.0. The van der Waals surface area contributed by atoms with Gasteiger partial charge in [0, 0.05) is 18.3 Å². The molecule has 2 nitrogen and oxygen atoms in total. The van der Waals surface area contributed by atoms with Gasteiger partial charge in [-0.1, -0.05) is 25.5 Å². The summed E-state index contributed by atoms with van der Waals surface area (Å²) in [5.41, 5.74) is 9.27. The summed E-state index contributed by atoms with van der Waals surface area (Å²) in [5.74, 6) is 0. The van der Waals surface area contributed by atoms with Crippen LogP contribution in [-0.4, -0.2) is 18.0 Å². The zero-order valence-electron chi connectivity index (χ0n) is 11.0. The van der Waals surface area contributed by atoms with Crippen LogP contribution in [0.15, 0.2) is 18.2 Å². The number of anilines is 1. The van der Waals surface area contributed by atoms with Crippen molar-refractivity contribution >= 4 is 5.69 Å². The molecule has 1 atom stereocenters. The highest BCUT2D eigenvalue weighted by molar-refractivity contribution is 5.48. The minimum absolute atomic E-state index is 0.632. The van der Waals surface area contributed by atoms with Crippen LogP contribution in [-0.2, 0) is 6.54 Å². The summed E-state index contributed by atoms with van der Waals surface area (Å²) in [6.45, 7) is 7.53. The minimum Gasteiger partial charge on any atom is -0.399 e. The van der Waals surface area contributed by atoms with Crippen LogP contribution in [0.2, 0.25) is 0 Å². The Bertz CT molecular complexity index is 334. The molecule has 0 aliphatic rings. The molecule has 1 aromatic rings. The van der Waals surface area contributed by atoms with Crippen molar-refractivity contribution in [2.24, 2.45) is 0 Å². The maximum absolute atomic E-state index is 5.91. The highest BCUT2D eigenvalue weighted by atomic mass is 15.1. The minimum atomic E-state index is 0.632. The predicted octanol–water partition coefficient (Wildman–Crippen LogP) is 3.20. The third kappa shape index (κ3) is 3.53. The Balaban J connectivity index is 2.62. The fourth-order valence-corrected chi connectivity index (χ4v) is 1.87. The number of hydrogen-bond acceptors (Lipinski definition) is 2. The number of aryl methyl sites for hydroxylation is 1. The zero-order valence-corrected chi connectivity index (χ0v) is 11.0. The lowest BCUT2D eigenvalue weighted by Crippen LogP contribution is -2.28. The molecule has 2 N–H and O–H groups in total. The summed E-state index contributed by atoms with van der Waals surface area (Å²) < 4.78 is 0. The van der Waals surface area contributed by atoms with E-state index in [9.17, 15) is 0 Å². The van der Waals surface area contributed by atoms with E-state index in [1.54, 1.807) is 0 Å². The number of nitrogen functional groups attached to an aromatic ring is 1. The van der Waals surface area contributed by atoms with E-state index in [1.807, 2.05) is 6.92 Å². The second-order valence-corrected chi connectivity index (χ2v) is 4.74. The third-order valence-corrected chi connectivity index (χ3v) is 3.23. The first-order valence-electron chi connectivity index (χ1n) is 6.09. The normalized spacial score (nSPS) is 13.1. The summed E-state index contributed by atoms with van der Waals surface area (Å²) in [4.78, 5) is 2.38. The lowest BCUT2D eigenvalue weighted by molar-refractivity contribution is 0.237. The quantitative estimate of drug-likeness (QED) is 0.772. The average Bonchev–Trinajstić information content (AvgIpc) is 2.24. The molecule has 0 fully saturated rings. The number of hydrogen-bond donors (Lipinski definition) is 1. The van der Waals surface area contributed by atoms with Crippen molar-refractivity contribution in [3.05, 3.63) is 29.3 Å². The molecule has 1 aromatic carbocycles. The van der Waals surface area contributed by atoms with Gasteiger partial charge in [-0.25, -0.2) is 0 Å². The molecule has 0 saturated carbocycles.